The van der Waals surface area contributed by atoms with Gasteiger partial charge in [-0.1, -0.05) is 30.3 Å². The number of nitrogens with one attached hydrogen (secondary N) is 1. The van der Waals surface area contributed by atoms with Gasteiger partial charge in [-0.05, 0) is 12.5 Å². The first-order chi connectivity index (χ1) is 10.1. The summed E-state index contributed by atoms with van der Waals surface area (Å²) in [4.78, 5) is 25.3. The SMILES string of the molecule is CC1CSCCN1C(=O)N[C@@H](Cc1ccccc1)C(=O)O. The van der Waals surface area contributed by atoms with Crippen LogP contribution in [0, 0.1) is 0 Å². The Morgan fingerprint density at radius 1 is 1.43 bits per heavy atom. The summed E-state index contributed by atoms with van der Waals surface area (Å²) in [5.41, 5.74) is 0.896. The maximum atomic E-state index is 12.3. The van der Waals surface area contributed by atoms with Crippen molar-refractivity contribution < 1.29 is 14.7 Å². The van der Waals surface area contributed by atoms with Crippen molar-refractivity contribution in [3.8, 4) is 0 Å². The monoisotopic (exact) mass is 308 g/mol. The number of aliphatic carboxylic acids is 1. The molecule has 1 saturated heterocycles. The van der Waals surface area contributed by atoms with Gasteiger partial charge >= 0.3 is 12.0 Å². The maximum Gasteiger partial charge on any atom is 0.326 e. The smallest absolute Gasteiger partial charge is 0.326 e. The molecule has 21 heavy (non-hydrogen) atoms. The molecule has 1 aliphatic rings. The Morgan fingerprint density at radius 3 is 2.76 bits per heavy atom. The van der Waals surface area contributed by atoms with Crippen molar-refractivity contribution in [1.29, 1.82) is 0 Å². The third kappa shape index (κ3) is 4.39. The van der Waals surface area contributed by atoms with Gasteiger partial charge in [0.2, 0.25) is 0 Å². The van der Waals surface area contributed by atoms with E-state index in [9.17, 15) is 14.7 Å². The molecule has 1 aliphatic heterocycles. The Hall–Kier alpha value is -1.69. The minimum Gasteiger partial charge on any atom is -0.480 e. The van der Waals surface area contributed by atoms with E-state index in [1.807, 2.05) is 49.0 Å². The summed E-state index contributed by atoms with van der Waals surface area (Å²) in [6, 6.07) is 8.28. The minimum atomic E-state index is -1.01. The van der Waals surface area contributed by atoms with Crippen LogP contribution in [0.25, 0.3) is 0 Å². The van der Waals surface area contributed by atoms with Crippen molar-refractivity contribution in [3.05, 3.63) is 35.9 Å². The van der Waals surface area contributed by atoms with Gasteiger partial charge in [0, 0.05) is 30.5 Å². The zero-order valence-corrected chi connectivity index (χ0v) is 12.8. The van der Waals surface area contributed by atoms with Crippen LogP contribution in [-0.4, -0.2) is 52.1 Å². The van der Waals surface area contributed by atoms with Crippen LogP contribution < -0.4 is 5.32 Å². The number of nitrogens with zero attached hydrogens (tertiary/aromatic N) is 1. The number of hydrogen-bond donors (Lipinski definition) is 2. The van der Waals surface area contributed by atoms with Crippen LogP contribution in [-0.2, 0) is 11.2 Å². The van der Waals surface area contributed by atoms with Gasteiger partial charge in [-0.25, -0.2) is 9.59 Å². The van der Waals surface area contributed by atoms with E-state index in [-0.39, 0.29) is 12.1 Å². The highest BCUT2D eigenvalue weighted by molar-refractivity contribution is 7.99. The molecule has 6 heteroatoms. The third-order valence-corrected chi connectivity index (χ3v) is 4.70. The van der Waals surface area contributed by atoms with Crippen molar-refractivity contribution in [3.63, 3.8) is 0 Å². The van der Waals surface area contributed by atoms with Crippen molar-refractivity contribution >= 4 is 23.8 Å². The molecule has 2 amide bonds. The number of carbonyl (C=O) groups is 2. The van der Waals surface area contributed by atoms with E-state index >= 15 is 0 Å². The molecule has 2 N–H and O–H groups in total. The molecule has 0 radical (unpaired) electrons. The fourth-order valence-electron chi connectivity index (χ4n) is 2.31. The average Bonchev–Trinajstić information content (AvgIpc) is 2.48. The van der Waals surface area contributed by atoms with Gasteiger partial charge in [-0.2, -0.15) is 11.8 Å². The van der Waals surface area contributed by atoms with Crippen LogP contribution in [0.3, 0.4) is 0 Å². The van der Waals surface area contributed by atoms with Crippen LogP contribution in [0.2, 0.25) is 0 Å². The molecule has 1 aromatic carbocycles. The van der Waals surface area contributed by atoms with Crippen molar-refractivity contribution in [2.45, 2.75) is 25.4 Å². The number of thioether (sulfide) groups is 1. The lowest BCUT2D eigenvalue weighted by molar-refractivity contribution is -0.139. The van der Waals surface area contributed by atoms with Crippen molar-refractivity contribution in [1.82, 2.24) is 10.2 Å². The Bertz CT molecular complexity index is 495. The summed E-state index contributed by atoms with van der Waals surface area (Å²) in [5, 5.41) is 12.0. The largest absolute Gasteiger partial charge is 0.480 e. The normalized spacial score (nSPS) is 19.9. The Balaban J connectivity index is 1.99. The molecule has 0 aromatic heterocycles. The van der Waals surface area contributed by atoms with Crippen LogP contribution in [0.4, 0.5) is 4.79 Å². The standard InChI is InChI=1S/C15H20N2O3S/c1-11-10-21-8-7-17(11)15(20)16-13(14(18)19)9-12-5-3-2-4-6-12/h2-6,11,13H,7-10H2,1H3,(H,16,20)(H,18,19)/t11?,13-/m0/s1. The lowest BCUT2D eigenvalue weighted by atomic mass is 10.1. The predicted molar refractivity (Wildman–Crippen MR) is 83.6 cm³/mol. The predicted octanol–water partition coefficient (Wildman–Crippen LogP) is 1.83. The summed E-state index contributed by atoms with van der Waals surface area (Å²) < 4.78 is 0. The minimum absolute atomic E-state index is 0.134. The molecule has 2 atom stereocenters. The molecule has 114 valence electrons. The van der Waals surface area contributed by atoms with Gasteiger partial charge in [0.05, 0.1) is 0 Å². The lowest BCUT2D eigenvalue weighted by Crippen LogP contribution is -2.53. The molecule has 0 aliphatic carbocycles. The summed E-state index contributed by atoms with van der Waals surface area (Å²) in [6.07, 6.45) is 0.291. The third-order valence-electron chi connectivity index (χ3n) is 3.51. The summed E-state index contributed by atoms with van der Waals surface area (Å²) in [7, 11) is 0. The van der Waals surface area contributed by atoms with Crippen molar-refractivity contribution in [2.24, 2.45) is 0 Å². The molecule has 0 spiro atoms. The number of hydrogen-bond acceptors (Lipinski definition) is 3. The Morgan fingerprint density at radius 2 is 2.14 bits per heavy atom. The molecule has 1 fully saturated rings. The van der Waals surface area contributed by atoms with Crippen molar-refractivity contribution in [2.75, 3.05) is 18.1 Å². The number of carbonyl (C=O) groups excluding carboxylic acids is 1. The Labute approximate surface area is 128 Å². The molecular weight excluding hydrogens is 288 g/mol. The molecule has 2 rings (SSSR count). The number of urea groups is 1. The number of carboxylic acid groups (broad SMARTS) is 1. The van der Waals surface area contributed by atoms with E-state index in [0.717, 1.165) is 17.1 Å². The number of rotatable bonds is 4. The van der Waals surface area contributed by atoms with Gasteiger partial charge < -0.3 is 15.3 Å². The highest BCUT2D eigenvalue weighted by Gasteiger charge is 2.27. The second-order valence-electron chi connectivity index (χ2n) is 5.15. The fourth-order valence-corrected chi connectivity index (χ4v) is 3.32. The molecule has 0 saturated carbocycles. The molecule has 1 unspecified atom stereocenters. The van der Waals surface area contributed by atoms with E-state index < -0.39 is 12.0 Å². The second-order valence-corrected chi connectivity index (χ2v) is 6.30. The van der Waals surface area contributed by atoms with E-state index in [4.69, 9.17) is 0 Å². The lowest BCUT2D eigenvalue weighted by Gasteiger charge is -2.33. The highest BCUT2D eigenvalue weighted by atomic mass is 32.2. The zero-order chi connectivity index (χ0) is 15.2. The summed E-state index contributed by atoms with van der Waals surface area (Å²) in [6.45, 7) is 2.65. The molecular formula is C15H20N2O3S. The summed E-state index contributed by atoms with van der Waals surface area (Å²) in [5.74, 6) is 0.782. The second kappa shape index (κ2) is 7.36. The quantitative estimate of drug-likeness (QED) is 0.890. The van der Waals surface area contributed by atoms with Gasteiger partial charge in [0.15, 0.2) is 0 Å². The first-order valence-corrected chi connectivity index (χ1v) is 8.15. The number of benzene rings is 1. The fraction of sp³-hybridized carbons (Fsp3) is 0.467. The average molecular weight is 308 g/mol. The summed E-state index contributed by atoms with van der Waals surface area (Å²) >= 11 is 1.81. The first kappa shape index (κ1) is 15.7. The molecule has 0 bridgehead atoms. The van der Waals surface area contributed by atoms with Gasteiger partial charge in [0.1, 0.15) is 6.04 Å². The van der Waals surface area contributed by atoms with E-state index in [2.05, 4.69) is 5.32 Å². The van der Waals surface area contributed by atoms with Gasteiger partial charge in [0.25, 0.3) is 0 Å². The topological polar surface area (TPSA) is 69.6 Å². The van der Waals surface area contributed by atoms with Crippen LogP contribution >= 0.6 is 11.8 Å². The zero-order valence-electron chi connectivity index (χ0n) is 12.0. The maximum absolute atomic E-state index is 12.3. The van der Waals surface area contributed by atoms with Crippen LogP contribution in [0.5, 0.6) is 0 Å². The highest BCUT2D eigenvalue weighted by Crippen LogP contribution is 2.16. The van der Waals surface area contributed by atoms with Crippen LogP contribution in [0.1, 0.15) is 12.5 Å². The first-order valence-electron chi connectivity index (χ1n) is 6.99. The van der Waals surface area contributed by atoms with Crippen LogP contribution in [0.15, 0.2) is 30.3 Å². The van der Waals surface area contributed by atoms with Gasteiger partial charge in [-0.15, -0.1) is 0 Å². The molecule has 1 aromatic rings. The van der Waals surface area contributed by atoms with E-state index in [1.54, 1.807) is 4.90 Å². The van der Waals surface area contributed by atoms with E-state index in [1.165, 1.54) is 0 Å². The molecule has 5 nitrogen and oxygen atoms in total. The number of amides is 2. The Kier molecular flexibility index (Phi) is 5.50. The van der Waals surface area contributed by atoms with E-state index in [0.29, 0.717) is 13.0 Å². The number of carboxylic acids is 1. The van der Waals surface area contributed by atoms with Gasteiger partial charge in [-0.3, -0.25) is 0 Å². The molecule has 1 heterocycles.